The molecule has 1 amide bonds. The Labute approximate surface area is 111 Å². The second-order valence-corrected chi connectivity index (χ2v) is 4.76. The first-order valence-electron chi connectivity index (χ1n) is 5.91. The van der Waals surface area contributed by atoms with E-state index in [4.69, 9.17) is 21.1 Å². The first-order chi connectivity index (χ1) is 8.65. The van der Waals surface area contributed by atoms with E-state index in [1.807, 2.05) is 6.92 Å². The quantitative estimate of drug-likeness (QED) is 0.909. The van der Waals surface area contributed by atoms with Gasteiger partial charge in [-0.1, -0.05) is 11.6 Å². The van der Waals surface area contributed by atoms with Gasteiger partial charge in [-0.25, -0.2) is 0 Å². The van der Waals surface area contributed by atoms with E-state index in [1.165, 1.54) is 0 Å². The van der Waals surface area contributed by atoms with Crippen molar-refractivity contribution in [3.05, 3.63) is 28.8 Å². The van der Waals surface area contributed by atoms with Crippen molar-refractivity contribution in [3.8, 4) is 5.75 Å². The van der Waals surface area contributed by atoms with Crippen LogP contribution in [0.4, 0.5) is 0 Å². The third-order valence-electron chi connectivity index (χ3n) is 2.79. The highest BCUT2D eigenvalue weighted by atomic mass is 35.5. The van der Waals surface area contributed by atoms with Gasteiger partial charge in [-0.3, -0.25) is 4.79 Å². The molecule has 0 aromatic heterocycles. The van der Waals surface area contributed by atoms with Crippen molar-refractivity contribution in [2.45, 2.75) is 19.4 Å². The number of hydrogen-bond donors (Lipinski definition) is 1. The summed E-state index contributed by atoms with van der Waals surface area (Å²) < 4.78 is 10.6. The summed E-state index contributed by atoms with van der Waals surface area (Å²) in [4.78, 5) is 11.6. The molecule has 0 spiro atoms. The zero-order valence-electron chi connectivity index (χ0n) is 10.2. The van der Waals surface area contributed by atoms with E-state index in [0.29, 0.717) is 24.0 Å². The summed E-state index contributed by atoms with van der Waals surface area (Å²) in [5.41, 5.74) is 0.916. The summed E-state index contributed by atoms with van der Waals surface area (Å²) in [6.07, 6.45) is 0.867. The SMILES string of the molecule is Cc1cc(Cl)ccc1OCC(=O)N[C@@H]1CCOC1. The maximum Gasteiger partial charge on any atom is 0.258 e. The lowest BCUT2D eigenvalue weighted by Crippen LogP contribution is -2.38. The van der Waals surface area contributed by atoms with Crippen LogP contribution in [-0.4, -0.2) is 31.8 Å². The fraction of sp³-hybridized carbons (Fsp3) is 0.462. The van der Waals surface area contributed by atoms with Crippen LogP contribution in [0.15, 0.2) is 18.2 Å². The van der Waals surface area contributed by atoms with Crippen LogP contribution in [0.2, 0.25) is 5.02 Å². The van der Waals surface area contributed by atoms with Gasteiger partial charge in [0.1, 0.15) is 5.75 Å². The van der Waals surface area contributed by atoms with Gasteiger partial charge in [-0.15, -0.1) is 0 Å². The molecular formula is C13H16ClNO3. The number of carbonyl (C=O) groups is 1. The molecule has 2 rings (SSSR count). The number of amides is 1. The number of nitrogens with one attached hydrogen (secondary N) is 1. The van der Waals surface area contributed by atoms with Crippen LogP contribution in [0.3, 0.4) is 0 Å². The Morgan fingerprint density at radius 1 is 1.61 bits per heavy atom. The van der Waals surface area contributed by atoms with Gasteiger partial charge >= 0.3 is 0 Å². The van der Waals surface area contributed by atoms with Crippen molar-refractivity contribution in [2.75, 3.05) is 19.8 Å². The molecule has 1 heterocycles. The van der Waals surface area contributed by atoms with E-state index in [2.05, 4.69) is 5.32 Å². The Morgan fingerprint density at radius 3 is 3.11 bits per heavy atom. The molecule has 1 atom stereocenters. The van der Waals surface area contributed by atoms with Crippen molar-refractivity contribution in [2.24, 2.45) is 0 Å². The number of ether oxygens (including phenoxy) is 2. The number of carbonyl (C=O) groups excluding carboxylic acids is 1. The minimum absolute atomic E-state index is 0.0129. The van der Waals surface area contributed by atoms with Crippen molar-refractivity contribution >= 4 is 17.5 Å². The largest absolute Gasteiger partial charge is 0.484 e. The molecule has 1 fully saturated rings. The van der Waals surface area contributed by atoms with E-state index in [9.17, 15) is 4.79 Å². The maximum absolute atomic E-state index is 11.6. The molecule has 1 aromatic carbocycles. The Balaban J connectivity index is 1.81. The second-order valence-electron chi connectivity index (χ2n) is 4.33. The van der Waals surface area contributed by atoms with E-state index in [-0.39, 0.29) is 18.6 Å². The Morgan fingerprint density at radius 2 is 2.44 bits per heavy atom. The summed E-state index contributed by atoms with van der Waals surface area (Å²) >= 11 is 5.84. The molecule has 0 saturated carbocycles. The van der Waals surface area contributed by atoms with Gasteiger partial charge in [0, 0.05) is 11.6 Å². The van der Waals surface area contributed by atoms with Crippen molar-refractivity contribution < 1.29 is 14.3 Å². The van der Waals surface area contributed by atoms with Crippen LogP contribution >= 0.6 is 11.6 Å². The zero-order chi connectivity index (χ0) is 13.0. The van der Waals surface area contributed by atoms with Crippen molar-refractivity contribution in [1.29, 1.82) is 0 Å². The van der Waals surface area contributed by atoms with Gasteiger partial charge in [-0.2, -0.15) is 0 Å². The number of rotatable bonds is 4. The molecular weight excluding hydrogens is 254 g/mol. The van der Waals surface area contributed by atoms with E-state index in [1.54, 1.807) is 18.2 Å². The van der Waals surface area contributed by atoms with Crippen LogP contribution < -0.4 is 10.1 Å². The Bertz CT molecular complexity index is 430. The predicted molar refractivity (Wildman–Crippen MR) is 69.1 cm³/mol. The van der Waals surface area contributed by atoms with E-state index in [0.717, 1.165) is 12.0 Å². The number of halogens is 1. The molecule has 18 heavy (non-hydrogen) atoms. The van der Waals surface area contributed by atoms with Gasteiger partial charge in [-0.05, 0) is 37.1 Å². The lowest BCUT2D eigenvalue weighted by molar-refractivity contribution is -0.123. The maximum atomic E-state index is 11.6. The average molecular weight is 270 g/mol. The highest BCUT2D eigenvalue weighted by Gasteiger charge is 2.17. The minimum Gasteiger partial charge on any atom is -0.484 e. The number of hydrogen-bond acceptors (Lipinski definition) is 3. The van der Waals surface area contributed by atoms with Gasteiger partial charge < -0.3 is 14.8 Å². The monoisotopic (exact) mass is 269 g/mol. The molecule has 1 aromatic rings. The van der Waals surface area contributed by atoms with Gasteiger partial charge in [0.15, 0.2) is 6.61 Å². The zero-order valence-corrected chi connectivity index (χ0v) is 11.0. The smallest absolute Gasteiger partial charge is 0.258 e. The summed E-state index contributed by atoms with van der Waals surface area (Å²) in [5, 5.41) is 3.52. The molecule has 0 bridgehead atoms. The van der Waals surface area contributed by atoms with Gasteiger partial charge in [0.25, 0.3) is 5.91 Å². The number of benzene rings is 1. The van der Waals surface area contributed by atoms with E-state index < -0.39 is 0 Å². The fourth-order valence-corrected chi connectivity index (χ4v) is 2.06. The third kappa shape index (κ3) is 3.62. The molecule has 1 aliphatic heterocycles. The highest BCUT2D eigenvalue weighted by Crippen LogP contribution is 2.21. The fourth-order valence-electron chi connectivity index (χ4n) is 1.84. The standard InChI is InChI=1S/C13H16ClNO3/c1-9-6-10(14)2-3-12(9)18-8-13(16)15-11-4-5-17-7-11/h2-3,6,11H,4-5,7-8H2,1H3,(H,15,16)/t11-/m1/s1. The summed E-state index contributed by atoms with van der Waals surface area (Å²) in [6.45, 7) is 3.21. The molecule has 1 N–H and O–H groups in total. The molecule has 0 aliphatic carbocycles. The number of aryl methyl sites for hydroxylation is 1. The Hall–Kier alpha value is -1.26. The summed E-state index contributed by atoms with van der Waals surface area (Å²) in [6, 6.07) is 5.43. The predicted octanol–water partition coefficient (Wildman–Crippen LogP) is 1.93. The summed E-state index contributed by atoms with van der Waals surface area (Å²) in [7, 11) is 0. The average Bonchev–Trinajstić information content (AvgIpc) is 2.80. The van der Waals surface area contributed by atoms with Gasteiger partial charge in [0.05, 0.1) is 12.6 Å². The molecule has 0 radical (unpaired) electrons. The molecule has 5 heteroatoms. The van der Waals surface area contributed by atoms with E-state index >= 15 is 0 Å². The molecule has 0 unspecified atom stereocenters. The van der Waals surface area contributed by atoms with Crippen LogP contribution in [-0.2, 0) is 9.53 Å². The molecule has 4 nitrogen and oxygen atoms in total. The topological polar surface area (TPSA) is 47.6 Å². The van der Waals surface area contributed by atoms with Gasteiger partial charge in [0.2, 0.25) is 0 Å². The van der Waals surface area contributed by atoms with Crippen LogP contribution in [0.1, 0.15) is 12.0 Å². The molecule has 1 aliphatic rings. The Kier molecular flexibility index (Phi) is 4.44. The molecule has 98 valence electrons. The second kappa shape index (κ2) is 6.07. The minimum atomic E-state index is -0.125. The van der Waals surface area contributed by atoms with Crippen LogP contribution in [0, 0.1) is 6.92 Å². The first-order valence-corrected chi connectivity index (χ1v) is 6.29. The van der Waals surface area contributed by atoms with Crippen molar-refractivity contribution in [3.63, 3.8) is 0 Å². The highest BCUT2D eigenvalue weighted by molar-refractivity contribution is 6.30. The summed E-state index contributed by atoms with van der Waals surface area (Å²) in [5.74, 6) is 0.553. The first kappa shape index (κ1) is 13.2. The van der Waals surface area contributed by atoms with Crippen LogP contribution in [0.25, 0.3) is 0 Å². The normalized spacial score (nSPS) is 18.7. The van der Waals surface area contributed by atoms with Crippen LogP contribution in [0.5, 0.6) is 5.75 Å². The molecule has 1 saturated heterocycles. The lowest BCUT2D eigenvalue weighted by atomic mass is 10.2. The lowest BCUT2D eigenvalue weighted by Gasteiger charge is -2.12. The third-order valence-corrected chi connectivity index (χ3v) is 3.03. The van der Waals surface area contributed by atoms with Crippen molar-refractivity contribution in [1.82, 2.24) is 5.32 Å².